The Balaban J connectivity index is 2.08. The zero-order valence-electron chi connectivity index (χ0n) is 10.7. The fourth-order valence-corrected chi connectivity index (χ4v) is 2.96. The van der Waals surface area contributed by atoms with Gasteiger partial charge in [-0.05, 0) is 59.7 Å². The summed E-state index contributed by atoms with van der Waals surface area (Å²) < 4.78 is 39.9. The smallest absolute Gasteiger partial charge is 0.326 e. The number of hydrogen-bond donors (Lipinski definition) is 1. The Morgan fingerprint density at radius 1 is 1.15 bits per heavy atom. The highest BCUT2D eigenvalue weighted by Gasteiger charge is 2.47. The molecule has 1 aromatic carbocycles. The van der Waals surface area contributed by atoms with Gasteiger partial charge in [0, 0.05) is 15.2 Å². The molecule has 2 unspecified atom stereocenters. The molecular weight excluding hydrogens is 382 g/mol. The third-order valence-corrected chi connectivity index (χ3v) is 4.35. The summed E-state index contributed by atoms with van der Waals surface area (Å²) in [6, 6.07) is 7.01. The summed E-state index contributed by atoms with van der Waals surface area (Å²) in [5.74, 6) is -3.00. The molecule has 0 aromatic heterocycles. The Morgan fingerprint density at radius 2 is 1.75 bits per heavy atom. The lowest BCUT2D eigenvalue weighted by atomic mass is 9.78. The summed E-state index contributed by atoms with van der Waals surface area (Å²) in [6.07, 6.45) is -2.72. The van der Waals surface area contributed by atoms with Gasteiger partial charge in [-0.1, -0.05) is 12.8 Å². The molecule has 0 spiro atoms. The molecule has 1 aliphatic carbocycles. The molecule has 1 fully saturated rings. The van der Waals surface area contributed by atoms with E-state index in [1.54, 1.807) is 24.3 Å². The zero-order chi connectivity index (χ0) is 14.8. The van der Waals surface area contributed by atoms with Crippen LogP contribution < -0.4 is 5.32 Å². The van der Waals surface area contributed by atoms with Gasteiger partial charge in [-0.25, -0.2) is 0 Å². The van der Waals surface area contributed by atoms with Gasteiger partial charge < -0.3 is 5.32 Å². The molecule has 110 valence electrons. The lowest BCUT2D eigenvalue weighted by Gasteiger charge is -2.31. The second kappa shape index (κ2) is 6.32. The molecule has 2 atom stereocenters. The molecule has 0 radical (unpaired) electrons. The van der Waals surface area contributed by atoms with Crippen LogP contribution in [0.25, 0.3) is 0 Å². The molecule has 1 aromatic rings. The van der Waals surface area contributed by atoms with E-state index in [1.807, 2.05) is 0 Å². The number of carbonyl (C=O) groups is 1. The van der Waals surface area contributed by atoms with Crippen molar-refractivity contribution in [3.8, 4) is 0 Å². The average molecular weight is 397 g/mol. The highest BCUT2D eigenvalue weighted by Crippen LogP contribution is 2.41. The zero-order valence-corrected chi connectivity index (χ0v) is 12.9. The van der Waals surface area contributed by atoms with Crippen LogP contribution in [0.2, 0.25) is 0 Å². The number of anilines is 1. The number of rotatable bonds is 2. The van der Waals surface area contributed by atoms with Crippen molar-refractivity contribution in [2.75, 3.05) is 5.32 Å². The van der Waals surface area contributed by atoms with Crippen molar-refractivity contribution in [2.45, 2.75) is 31.9 Å². The summed E-state index contributed by atoms with van der Waals surface area (Å²) in [6.45, 7) is 0. The SMILES string of the molecule is O=C(Nc1ccc(I)cc1)C1CCCCC1C(F)(F)F. The molecule has 0 saturated heterocycles. The van der Waals surface area contributed by atoms with Crippen molar-refractivity contribution < 1.29 is 18.0 Å². The second-order valence-electron chi connectivity index (χ2n) is 5.04. The lowest BCUT2D eigenvalue weighted by Crippen LogP contribution is -2.39. The molecule has 20 heavy (non-hydrogen) atoms. The van der Waals surface area contributed by atoms with Crippen LogP contribution in [0.5, 0.6) is 0 Å². The Morgan fingerprint density at radius 3 is 2.35 bits per heavy atom. The van der Waals surface area contributed by atoms with Crippen LogP contribution in [0.4, 0.5) is 18.9 Å². The third kappa shape index (κ3) is 3.86. The quantitative estimate of drug-likeness (QED) is 0.727. The number of nitrogens with one attached hydrogen (secondary N) is 1. The van der Waals surface area contributed by atoms with E-state index >= 15 is 0 Å². The number of amides is 1. The van der Waals surface area contributed by atoms with E-state index in [9.17, 15) is 18.0 Å². The molecule has 0 heterocycles. The maximum absolute atomic E-state index is 13.0. The molecule has 6 heteroatoms. The van der Waals surface area contributed by atoms with Gasteiger partial charge in [0.2, 0.25) is 5.91 Å². The van der Waals surface area contributed by atoms with Crippen LogP contribution in [0.3, 0.4) is 0 Å². The first-order valence-electron chi connectivity index (χ1n) is 6.51. The standard InChI is InChI=1S/C14H15F3INO/c15-14(16,17)12-4-2-1-3-11(12)13(20)19-10-7-5-9(18)6-8-10/h5-8,11-12H,1-4H2,(H,19,20). The molecule has 2 nitrogen and oxygen atoms in total. The summed E-state index contributed by atoms with van der Waals surface area (Å²) in [5.41, 5.74) is 0.543. The first-order chi connectivity index (χ1) is 9.38. The van der Waals surface area contributed by atoms with Crippen molar-refractivity contribution in [3.05, 3.63) is 27.8 Å². The van der Waals surface area contributed by atoms with E-state index in [1.165, 1.54) is 0 Å². The number of alkyl halides is 3. The van der Waals surface area contributed by atoms with Gasteiger partial charge in [0.25, 0.3) is 0 Å². The van der Waals surface area contributed by atoms with Gasteiger partial charge in [0.15, 0.2) is 0 Å². The van der Waals surface area contributed by atoms with E-state index in [2.05, 4.69) is 27.9 Å². The summed E-state index contributed by atoms with van der Waals surface area (Å²) in [4.78, 5) is 12.1. The Kier molecular flexibility index (Phi) is 4.93. The van der Waals surface area contributed by atoms with E-state index in [0.717, 1.165) is 3.57 Å². The topological polar surface area (TPSA) is 29.1 Å². The molecule has 0 aliphatic heterocycles. The lowest BCUT2D eigenvalue weighted by molar-refractivity contribution is -0.197. The van der Waals surface area contributed by atoms with Crippen LogP contribution >= 0.6 is 22.6 Å². The fourth-order valence-electron chi connectivity index (χ4n) is 2.60. The van der Waals surface area contributed by atoms with Gasteiger partial charge in [0.05, 0.1) is 5.92 Å². The number of benzene rings is 1. The van der Waals surface area contributed by atoms with Crippen molar-refractivity contribution in [2.24, 2.45) is 11.8 Å². The normalized spacial score (nSPS) is 23.4. The largest absolute Gasteiger partial charge is 0.392 e. The maximum Gasteiger partial charge on any atom is 0.392 e. The minimum absolute atomic E-state index is 0.0499. The highest BCUT2D eigenvalue weighted by molar-refractivity contribution is 14.1. The van der Waals surface area contributed by atoms with Gasteiger partial charge in [-0.15, -0.1) is 0 Å². The maximum atomic E-state index is 13.0. The molecule has 1 aliphatic rings. The Hall–Kier alpha value is -0.790. The van der Waals surface area contributed by atoms with Crippen LogP contribution in [-0.4, -0.2) is 12.1 Å². The minimum Gasteiger partial charge on any atom is -0.326 e. The van der Waals surface area contributed by atoms with Gasteiger partial charge in [-0.2, -0.15) is 13.2 Å². The summed E-state index contributed by atoms with van der Waals surface area (Å²) in [5, 5.41) is 2.60. The molecule has 1 amide bonds. The fraction of sp³-hybridized carbons (Fsp3) is 0.500. The predicted octanol–water partition coefficient (Wildman–Crippen LogP) is 4.60. The molecular formula is C14H15F3INO. The Bertz CT molecular complexity index is 472. The average Bonchev–Trinajstić information content (AvgIpc) is 2.40. The van der Waals surface area contributed by atoms with Crippen LogP contribution in [-0.2, 0) is 4.79 Å². The van der Waals surface area contributed by atoms with Gasteiger partial charge in [0.1, 0.15) is 0 Å². The highest BCUT2D eigenvalue weighted by atomic mass is 127. The number of carbonyl (C=O) groups excluding carboxylic acids is 1. The Labute approximate surface area is 129 Å². The molecule has 2 rings (SSSR count). The van der Waals surface area contributed by atoms with Crippen LogP contribution in [0.1, 0.15) is 25.7 Å². The van der Waals surface area contributed by atoms with Crippen LogP contribution in [0.15, 0.2) is 24.3 Å². The second-order valence-corrected chi connectivity index (χ2v) is 6.28. The van der Waals surface area contributed by atoms with Crippen LogP contribution in [0, 0.1) is 15.4 Å². The molecule has 0 bridgehead atoms. The summed E-state index contributed by atoms with van der Waals surface area (Å²) >= 11 is 2.13. The van der Waals surface area contributed by atoms with E-state index in [-0.39, 0.29) is 6.42 Å². The first-order valence-corrected chi connectivity index (χ1v) is 7.59. The molecule has 1 N–H and O–H groups in total. The number of hydrogen-bond acceptors (Lipinski definition) is 1. The predicted molar refractivity (Wildman–Crippen MR) is 79.3 cm³/mol. The van der Waals surface area contributed by atoms with Crippen molar-refractivity contribution >= 4 is 34.2 Å². The van der Waals surface area contributed by atoms with Crippen molar-refractivity contribution in [1.29, 1.82) is 0 Å². The minimum atomic E-state index is -4.30. The van der Waals surface area contributed by atoms with Crippen molar-refractivity contribution in [3.63, 3.8) is 0 Å². The van der Waals surface area contributed by atoms with Crippen molar-refractivity contribution in [1.82, 2.24) is 0 Å². The summed E-state index contributed by atoms with van der Waals surface area (Å²) in [7, 11) is 0. The van der Waals surface area contributed by atoms with E-state index in [4.69, 9.17) is 0 Å². The van der Waals surface area contributed by atoms with Gasteiger partial charge in [-0.3, -0.25) is 4.79 Å². The first kappa shape index (κ1) is 15.6. The molecule has 1 saturated carbocycles. The monoisotopic (exact) mass is 397 g/mol. The third-order valence-electron chi connectivity index (χ3n) is 3.63. The van der Waals surface area contributed by atoms with Gasteiger partial charge >= 0.3 is 6.18 Å². The number of halogens is 4. The van der Waals surface area contributed by atoms with E-state index < -0.39 is 23.9 Å². The van der Waals surface area contributed by atoms with E-state index in [0.29, 0.717) is 24.9 Å².